The van der Waals surface area contributed by atoms with Crippen LogP contribution in [0.4, 0.5) is 10.8 Å². The number of rotatable bonds is 5. The zero-order valence-electron chi connectivity index (χ0n) is 17.5. The first-order valence-electron chi connectivity index (χ1n) is 11.0. The standard InChI is InChI=1S/C23H24N6O2S/c24-21(30)19(12-3-4-12)26-14-10-16-20-17(11-14)31-8-2-1-7-29(20)22(27-16)13-5-6-18-15(9-13)28-23(25)32-18/h5-6,9-12,19,26H,1-4,7-8H2,(H2,24,30)(H2,25,28). The minimum absolute atomic E-state index is 0.303. The first-order chi connectivity index (χ1) is 15.6. The molecule has 0 bridgehead atoms. The Labute approximate surface area is 188 Å². The summed E-state index contributed by atoms with van der Waals surface area (Å²) in [6.45, 7) is 1.52. The van der Waals surface area contributed by atoms with Crippen LogP contribution < -0.4 is 21.5 Å². The molecule has 1 fully saturated rings. The largest absolute Gasteiger partial charge is 0.491 e. The number of aromatic nitrogens is 3. The lowest BCUT2D eigenvalue weighted by Crippen LogP contribution is -2.37. The molecular formula is C23H24N6O2S. The number of thiazole rings is 1. The summed E-state index contributed by atoms with van der Waals surface area (Å²) in [6.07, 6.45) is 4.02. The van der Waals surface area contributed by atoms with Gasteiger partial charge in [-0.25, -0.2) is 9.97 Å². The molecule has 8 nitrogen and oxygen atoms in total. The third-order valence-electron chi connectivity index (χ3n) is 6.22. The van der Waals surface area contributed by atoms with Crippen molar-refractivity contribution in [2.24, 2.45) is 11.7 Å². The lowest BCUT2D eigenvalue weighted by Gasteiger charge is -2.19. The van der Waals surface area contributed by atoms with Crippen LogP contribution in [0.3, 0.4) is 0 Å². The molecule has 6 rings (SSSR count). The molecule has 3 heterocycles. The maximum Gasteiger partial charge on any atom is 0.240 e. The molecule has 1 aliphatic carbocycles. The van der Waals surface area contributed by atoms with Gasteiger partial charge in [0.05, 0.1) is 22.3 Å². The number of aryl methyl sites for hydroxylation is 1. The number of nitrogens with zero attached hydrogens (tertiary/aromatic N) is 3. The molecule has 164 valence electrons. The summed E-state index contributed by atoms with van der Waals surface area (Å²) in [4.78, 5) is 21.4. The zero-order valence-corrected chi connectivity index (χ0v) is 18.3. The molecule has 1 amide bonds. The molecule has 2 aromatic heterocycles. The molecule has 2 aliphatic rings. The van der Waals surface area contributed by atoms with E-state index in [0.717, 1.165) is 76.3 Å². The second-order valence-corrected chi connectivity index (χ2v) is 9.64. The van der Waals surface area contributed by atoms with Gasteiger partial charge in [0.25, 0.3) is 0 Å². The smallest absolute Gasteiger partial charge is 0.240 e. The Balaban J connectivity index is 1.49. The van der Waals surface area contributed by atoms with Gasteiger partial charge in [-0.1, -0.05) is 11.3 Å². The first kappa shape index (κ1) is 19.4. The lowest BCUT2D eigenvalue weighted by molar-refractivity contribution is -0.119. The van der Waals surface area contributed by atoms with Crippen LogP contribution in [0.1, 0.15) is 25.7 Å². The van der Waals surface area contributed by atoms with Crippen LogP contribution in [0.2, 0.25) is 0 Å². The van der Waals surface area contributed by atoms with Gasteiger partial charge in [-0.2, -0.15) is 0 Å². The summed E-state index contributed by atoms with van der Waals surface area (Å²) < 4.78 is 9.43. The van der Waals surface area contributed by atoms with Gasteiger partial charge in [-0.05, 0) is 55.9 Å². The molecule has 0 spiro atoms. The number of carbonyl (C=O) groups is 1. The Hall–Kier alpha value is -3.33. The molecule has 1 unspecified atom stereocenters. The van der Waals surface area contributed by atoms with Crippen molar-refractivity contribution in [3.63, 3.8) is 0 Å². The van der Waals surface area contributed by atoms with Crippen LogP contribution in [0.25, 0.3) is 32.6 Å². The Bertz CT molecular complexity index is 1360. The molecule has 1 saturated carbocycles. The monoisotopic (exact) mass is 448 g/mol. The molecule has 2 aromatic carbocycles. The van der Waals surface area contributed by atoms with E-state index in [9.17, 15) is 4.79 Å². The van der Waals surface area contributed by atoms with Crippen molar-refractivity contribution in [3.8, 4) is 17.1 Å². The number of nitrogens with one attached hydrogen (secondary N) is 1. The highest BCUT2D eigenvalue weighted by Crippen LogP contribution is 2.39. The number of imidazole rings is 1. The fourth-order valence-corrected chi connectivity index (χ4v) is 5.24. The van der Waals surface area contributed by atoms with E-state index in [1.165, 1.54) is 11.3 Å². The number of nitrogens with two attached hydrogens (primary N) is 2. The van der Waals surface area contributed by atoms with Gasteiger partial charge in [-0.15, -0.1) is 0 Å². The van der Waals surface area contributed by atoms with E-state index in [1.54, 1.807) is 0 Å². The van der Waals surface area contributed by atoms with Crippen LogP contribution in [0.5, 0.6) is 5.75 Å². The van der Waals surface area contributed by atoms with Crippen LogP contribution in [0, 0.1) is 5.92 Å². The summed E-state index contributed by atoms with van der Waals surface area (Å²) in [5.41, 5.74) is 16.0. The van der Waals surface area contributed by atoms with Crippen molar-refractivity contribution >= 4 is 49.3 Å². The van der Waals surface area contributed by atoms with Gasteiger partial charge in [0, 0.05) is 23.9 Å². The summed E-state index contributed by atoms with van der Waals surface area (Å²) in [5, 5.41) is 3.90. The number of carbonyl (C=O) groups excluding carboxylic acids is 1. The minimum atomic E-state index is -0.368. The lowest BCUT2D eigenvalue weighted by atomic mass is 10.1. The second kappa shape index (κ2) is 7.37. The van der Waals surface area contributed by atoms with E-state index in [0.29, 0.717) is 17.7 Å². The molecule has 32 heavy (non-hydrogen) atoms. The fourth-order valence-electron chi connectivity index (χ4n) is 4.53. The number of hydrogen-bond acceptors (Lipinski definition) is 7. The van der Waals surface area contributed by atoms with Crippen LogP contribution in [-0.2, 0) is 11.3 Å². The number of nitrogen functional groups attached to an aromatic ring is 1. The Morgan fingerprint density at radius 1 is 1.19 bits per heavy atom. The maximum absolute atomic E-state index is 12.0. The van der Waals surface area contributed by atoms with Crippen molar-refractivity contribution in [1.82, 2.24) is 14.5 Å². The molecular weight excluding hydrogens is 424 g/mol. The summed E-state index contributed by atoms with van der Waals surface area (Å²) in [5.74, 6) is 1.64. The summed E-state index contributed by atoms with van der Waals surface area (Å²) >= 11 is 1.48. The number of fused-ring (bicyclic) bond motifs is 1. The minimum Gasteiger partial charge on any atom is -0.491 e. The van der Waals surface area contributed by atoms with Gasteiger partial charge in [0.15, 0.2) is 5.13 Å². The van der Waals surface area contributed by atoms with Crippen molar-refractivity contribution in [2.75, 3.05) is 17.7 Å². The van der Waals surface area contributed by atoms with Crippen molar-refractivity contribution in [1.29, 1.82) is 0 Å². The molecule has 1 aliphatic heterocycles. The van der Waals surface area contributed by atoms with Crippen molar-refractivity contribution < 1.29 is 9.53 Å². The molecule has 1 atom stereocenters. The normalized spacial score (nSPS) is 17.0. The van der Waals surface area contributed by atoms with E-state index in [2.05, 4.69) is 20.9 Å². The number of hydrogen-bond donors (Lipinski definition) is 3. The van der Waals surface area contributed by atoms with Gasteiger partial charge in [0.1, 0.15) is 23.1 Å². The van der Waals surface area contributed by atoms with Gasteiger partial charge in [0.2, 0.25) is 5.91 Å². The van der Waals surface area contributed by atoms with Gasteiger partial charge < -0.3 is 26.1 Å². The van der Waals surface area contributed by atoms with E-state index in [4.69, 9.17) is 21.2 Å². The number of ether oxygens (including phenoxy) is 1. The highest BCUT2D eigenvalue weighted by atomic mass is 32.1. The Morgan fingerprint density at radius 2 is 2.06 bits per heavy atom. The average molecular weight is 449 g/mol. The van der Waals surface area contributed by atoms with Crippen molar-refractivity contribution in [3.05, 3.63) is 30.3 Å². The van der Waals surface area contributed by atoms with Gasteiger partial charge >= 0.3 is 0 Å². The van der Waals surface area contributed by atoms with E-state index in [1.807, 2.05) is 24.3 Å². The molecule has 4 aromatic rings. The predicted molar refractivity (Wildman–Crippen MR) is 127 cm³/mol. The van der Waals surface area contributed by atoms with E-state index < -0.39 is 0 Å². The highest BCUT2D eigenvalue weighted by Gasteiger charge is 2.35. The Kier molecular flexibility index (Phi) is 4.46. The van der Waals surface area contributed by atoms with Crippen LogP contribution in [-0.4, -0.2) is 33.1 Å². The van der Waals surface area contributed by atoms with Crippen molar-refractivity contribution in [2.45, 2.75) is 38.3 Å². The van der Waals surface area contributed by atoms with E-state index >= 15 is 0 Å². The Morgan fingerprint density at radius 3 is 2.88 bits per heavy atom. The third kappa shape index (κ3) is 3.33. The van der Waals surface area contributed by atoms with Crippen LogP contribution >= 0.6 is 11.3 Å². The zero-order chi connectivity index (χ0) is 21.8. The van der Waals surface area contributed by atoms with Crippen LogP contribution in [0.15, 0.2) is 30.3 Å². The summed E-state index contributed by atoms with van der Waals surface area (Å²) in [6, 6.07) is 9.75. The fraction of sp³-hybridized carbons (Fsp3) is 0.348. The molecule has 5 N–H and O–H groups in total. The third-order valence-corrected chi connectivity index (χ3v) is 7.09. The molecule has 9 heteroatoms. The second-order valence-electron chi connectivity index (χ2n) is 8.58. The molecule has 0 radical (unpaired) electrons. The number of anilines is 2. The quantitative estimate of drug-likeness (QED) is 0.428. The molecule has 0 saturated heterocycles. The number of benzene rings is 2. The highest BCUT2D eigenvalue weighted by molar-refractivity contribution is 7.22. The number of primary amides is 1. The predicted octanol–water partition coefficient (Wildman–Crippen LogP) is 3.74. The average Bonchev–Trinajstić information content (AvgIpc) is 3.41. The topological polar surface area (TPSA) is 121 Å². The SMILES string of the molecule is NC(=O)C(Nc1cc2c3c(c1)nc(-c1ccc4sc(N)nc4c1)n3CCCCO2)C1CC1. The maximum atomic E-state index is 12.0. The number of amides is 1. The summed E-state index contributed by atoms with van der Waals surface area (Å²) in [7, 11) is 0. The van der Waals surface area contributed by atoms with Gasteiger partial charge in [-0.3, -0.25) is 4.79 Å². The first-order valence-corrected chi connectivity index (χ1v) is 11.8. The van der Waals surface area contributed by atoms with E-state index in [-0.39, 0.29) is 11.9 Å².